The molecule has 6 rings (SSSR count). The topological polar surface area (TPSA) is 114 Å². The molecule has 1 N–H and O–H groups in total. The van der Waals surface area contributed by atoms with Crippen molar-refractivity contribution in [2.45, 2.75) is 69.4 Å². The highest BCUT2D eigenvalue weighted by Crippen LogP contribution is 2.34. The van der Waals surface area contributed by atoms with Gasteiger partial charge < -0.3 is 14.4 Å². The molecule has 0 spiro atoms. The number of hydrogen-bond acceptors (Lipinski definition) is 8. The first-order valence-electron chi connectivity index (χ1n) is 12.7. The SMILES string of the molecule is O=C1CCC(N2Cc3cc(O[C@H]4CCCC[C@H]4N4CC(Oc5cnccn5)C4)ccc3C2=O)C(=O)N1. The van der Waals surface area contributed by atoms with E-state index in [-0.39, 0.29) is 30.4 Å². The predicted molar refractivity (Wildman–Crippen MR) is 127 cm³/mol. The van der Waals surface area contributed by atoms with Gasteiger partial charge in [-0.2, -0.15) is 0 Å². The fraction of sp³-hybridized carbons (Fsp3) is 0.500. The molecule has 10 nitrogen and oxygen atoms in total. The Kier molecular flexibility index (Phi) is 6.04. The Labute approximate surface area is 209 Å². The number of aromatic nitrogens is 2. The zero-order valence-corrected chi connectivity index (χ0v) is 20.0. The quantitative estimate of drug-likeness (QED) is 0.608. The molecule has 3 aliphatic heterocycles. The summed E-state index contributed by atoms with van der Waals surface area (Å²) >= 11 is 0. The highest BCUT2D eigenvalue weighted by Gasteiger charge is 2.41. The zero-order chi connectivity index (χ0) is 24.6. The molecule has 3 atom stereocenters. The van der Waals surface area contributed by atoms with Crippen LogP contribution < -0.4 is 14.8 Å². The maximum absolute atomic E-state index is 13.0. The van der Waals surface area contributed by atoms with E-state index in [1.54, 1.807) is 29.6 Å². The van der Waals surface area contributed by atoms with Crippen LogP contribution in [-0.2, 0) is 16.1 Å². The first-order chi connectivity index (χ1) is 17.5. The first-order valence-corrected chi connectivity index (χ1v) is 12.7. The van der Waals surface area contributed by atoms with E-state index >= 15 is 0 Å². The molecular formula is C26H29N5O5. The minimum absolute atomic E-state index is 0.0672. The van der Waals surface area contributed by atoms with Crippen molar-refractivity contribution in [2.24, 2.45) is 0 Å². The number of rotatable bonds is 6. The highest BCUT2D eigenvalue weighted by atomic mass is 16.5. The summed E-state index contributed by atoms with van der Waals surface area (Å²) in [6, 6.07) is 5.28. The van der Waals surface area contributed by atoms with E-state index in [9.17, 15) is 14.4 Å². The second-order valence-corrected chi connectivity index (χ2v) is 9.96. The monoisotopic (exact) mass is 491 g/mol. The van der Waals surface area contributed by atoms with Gasteiger partial charge in [0.25, 0.3) is 5.91 Å². The number of carbonyl (C=O) groups excluding carboxylic acids is 3. The Morgan fingerprint density at radius 1 is 1.00 bits per heavy atom. The van der Waals surface area contributed by atoms with Crippen molar-refractivity contribution in [2.75, 3.05) is 13.1 Å². The van der Waals surface area contributed by atoms with Crippen LogP contribution in [0, 0.1) is 0 Å². The lowest BCUT2D eigenvalue weighted by Crippen LogP contribution is -2.62. The minimum Gasteiger partial charge on any atom is -0.489 e. The Morgan fingerprint density at radius 2 is 1.86 bits per heavy atom. The van der Waals surface area contributed by atoms with Crippen molar-refractivity contribution in [3.8, 4) is 11.6 Å². The van der Waals surface area contributed by atoms with E-state index in [0.29, 0.717) is 30.5 Å². The van der Waals surface area contributed by atoms with Crippen molar-refractivity contribution < 1.29 is 23.9 Å². The largest absolute Gasteiger partial charge is 0.489 e. The molecule has 3 fully saturated rings. The molecule has 1 aromatic heterocycles. The molecule has 0 radical (unpaired) electrons. The van der Waals surface area contributed by atoms with Gasteiger partial charge in [-0.1, -0.05) is 6.42 Å². The summed E-state index contributed by atoms with van der Waals surface area (Å²) in [6.07, 6.45) is 10.0. The predicted octanol–water partition coefficient (Wildman–Crippen LogP) is 1.69. The molecule has 2 saturated heterocycles. The van der Waals surface area contributed by atoms with Gasteiger partial charge in [-0.05, 0) is 49.4 Å². The molecular weight excluding hydrogens is 462 g/mol. The number of piperidine rings is 1. The van der Waals surface area contributed by atoms with Gasteiger partial charge in [-0.15, -0.1) is 0 Å². The maximum atomic E-state index is 13.0. The molecule has 0 bridgehead atoms. The van der Waals surface area contributed by atoms with Crippen LogP contribution in [0.5, 0.6) is 11.6 Å². The van der Waals surface area contributed by atoms with Crippen molar-refractivity contribution in [1.29, 1.82) is 0 Å². The van der Waals surface area contributed by atoms with Crippen LogP contribution in [-0.4, -0.2) is 74.9 Å². The van der Waals surface area contributed by atoms with Gasteiger partial charge in [0.1, 0.15) is 24.0 Å². The Balaban J connectivity index is 1.09. The molecule has 188 valence electrons. The maximum Gasteiger partial charge on any atom is 0.255 e. The second-order valence-electron chi connectivity index (χ2n) is 9.96. The lowest BCUT2D eigenvalue weighted by molar-refractivity contribution is -0.136. The lowest BCUT2D eigenvalue weighted by Gasteiger charge is -2.47. The Hall–Kier alpha value is -3.53. The number of hydrogen-bond donors (Lipinski definition) is 1. The molecule has 36 heavy (non-hydrogen) atoms. The molecule has 1 aliphatic carbocycles. The number of ether oxygens (including phenoxy) is 2. The van der Waals surface area contributed by atoms with Crippen LogP contribution >= 0.6 is 0 Å². The van der Waals surface area contributed by atoms with Crippen LogP contribution in [0.3, 0.4) is 0 Å². The molecule has 2 aromatic rings. The first kappa shape index (κ1) is 22.9. The number of nitrogens with one attached hydrogen (secondary N) is 1. The third-order valence-electron chi connectivity index (χ3n) is 7.62. The third-order valence-corrected chi connectivity index (χ3v) is 7.62. The number of likely N-dealkylation sites (tertiary alicyclic amines) is 1. The standard InChI is InChI=1S/C26H29N5O5/c32-23-8-7-21(25(33)29-23)31-13-16-11-17(5-6-19(16)26(31)34)35-22-4-2-1-3-20(22)30-14-18(15-30)36-24-12-27-9-10-28-24/h5-6,9-12,18,20-22H,1-4,7-8,13-15H2,(H,29,32,33)/t20-,21?,22+/m1/s1. The van der Waals surface area contributed by atoms with Crippen LogP contribution in [0.25, 0.3) is 0 Å². The Morgan fingerprint density at radius 3 is 2.67 bits per heavy atom. The normalized spacial score (nSPS) is 26.8. The summed E-state index contributed by atoms with van der Waals surface area (Å²) in [5, 5.41) is 2.35. The molecule has 4 heterocycles. The van der Waals surface area contributed by atoms with Gasteiger partial charge in [-0.25, -0.2) is 4.98 Å². The second kappa shape index (κ2) is 9.50. The van der Waals surface area contributed by atoms with E-state index in [4.69, 9.17) is 9.47 Å². The average molecular weight is 492 g/mol. The van der Waals surface area contributed by atoms with E-state index in [1.807, 2.05) is 12.1 Å². The number of nitrogens with zero attached hydrogens (tertiary/aromatic N) is 4. The van der Waals surface area contributed by atoms with E-state index in [0.717, 1.165) is 43.7 Å². The average Bonchev–Trinajstić information content (AvgIpc) is 3.18. The number of benzene rings is 1. The van der Waals surface area contributed by atoms with Crippen molar-refractivity contribution in [1.82, 2.24) is 25.1 Å². The highest BCUT2D eigenvalue weighted by molar-refractivity contribution is 6.05. The van der Waals surface area contributed by atoms with Gasteiger partial charge in [0.2, 0.25) is 17.7 Å². The molecule has 1 aromatic carbocycles. The number of carbonyl (C=O) groups is 3. The molecule has 4 aliphatic rings. The van der Waals surface area contributed by atoms with Gasteiger partial charge in [0.05, 0.1) is 6.20 Å². The van der Waals surface area contributed by atoms with E-state index in [1.165, 1.54) is 6.42 Å². The van der Waals surface area contributed by atoms with Gasteiger partial charge >= 0.3 is 0 Å². The number of amides is 3. The van der Waals surface area contributed by atoms with Crippen molar-refractivity contribution in [3.05, 3.63) is 47.9 Å². The van der Waals surface area contributed by atoms with Gasteiger partial charge in [0, 0.05) is 50.1 Å². The van der Waals surface area contributed by atoms with Gasteiger partial charge in [-0.3, -0.25) is 29.6 Å². The summed E-state index contributed by atoms with van der Waals surface area (Å²) in [5.41, 5.74) is 1.45. The van der Waals surface area contributed by atoms with Crippen LogP contribution in [0.1, 0.15) is 54.4 Å². The molecule has 1 saturated carbocycles. The van der Waals surface area contributed by atoms with Crippen molar-refractivity contribution in [3.63, 3.8) is 0 Å². The van der Waals surface area contributed by atoms with E-state index in [2.05, 4.69) is 20.2 Å². The fourth-order valence-corrected chi connectivity index (χ4v) is 5.76. The number of fused-ring (bicyclic) bond motifs is 1. The summed E-state index contributed by atoms with van der Waals surface area (Å²) in [4.78, 5) is 49.0. The summed E-state index contributed by atoms with van der Waals surface area (Å²) in [6.45, 7) is 2.01. The Bertz CT molecular complexity index is 1170. The summed E-state index contributed by atoms with van der Waals surface area (Å²) < 4.78 is 12.4. The lowest BCUT2D eigenvalue weighted by atomic mass is 9.89. The zero-order valence-electron chi connectivity index (χ0n) is 20.0. The molecule has 3 amide bonds. The third kappa shape index (κ3) is 4.41. The molecule has 10 heteroatoms. The summed E-state index contributed by atoms with van der Waals surface area (Å²) in [5.74, 6) is 0.447. The molecule has 1 unspecified atom stereocenters. The minimum atomic E-state index is -0.613. The summed E-state index contributed by atoms with van der Waals surface area (Å²) in [7, 11) is 0. The fourth-order valence-electron chi connectivity index (χ4n) is 5.76. The smallest absolute Gasteiger partial charge is 0.255 e. The van der Waals surface area contributed by atoms with E-state index < -0.39 is 11.9 Å². The number of imide groups is 1. The van der Waals surface area contributed by atoms with Crippen LogP contribution in [0.4, 0.5) is 0 Å². The van der Waals surface area contributed by atoms with Crippen LogP contribution in [0.2, 0.25) is 0 Å². The van der Waals surface area contributed by atoms with Crippen molar-refractivity contribution >= 4 is 17.7 Å². The van der Waals surface area contributed by atoms with Crippen LogP contribution in [0.15, 0.2) is 36.8 Å². The van der Waals surface area contributed by atoms with Gasteiger partial charge in [0.15, 0.2) is 0 Å².